The highest BCUT2D eigenvalue weighted by molar-refractivity contribution is 5.70. The molecule has 0 fully saturated rings. The third-order valence-corrected chi connectivity index (χ3v) is 11.4. The minimum absolute atomic E-state index is 0.0363. The Morgan fingerprint density at radius 1 is 0.492 bits per heavy atom. The van der Waals surface area contributed by atoms with Crippen LogP contribution >= 0.6 is 0 Å². The molecule has 364 valence electrons. The van der Waals surface area contributed by atoms with Crippen LogP contribution in [0.1, 0.15) is 219 Å². The third kappa shape index (κ3) is 44.0. The average molecular weight is 884 g/mol. The van der Waals surface area contributed by atoms with E-state index in [9.17, 15) is 19.5 Å². The van der Waals surface area contributed by atoms with Gasteiger partial charge in [-0.15, -0.1) is 0 Å². The summed E-state index contributed by atoms with van der Waals surface area (Å²) in [6.07, 6.45) is 56.7. The van der Waals surface area contributed by atoms with Gasteiger partial charge in [0.05, 0.1) is 40.3 Å². The molecule has 0 aliphatic heterocycles. The molecule has 8 heteroatoms. The summed E-state index contributed by atoms with van der Waals surface area (Å²) in [4.78, 5) is 37.0. The molecule has 0 heterocycles. The highest BCUT2D eigenvalue weighted by Crippen LogP contribution is 2.16. The summed E-state index contributed by atoms with van der Waals surface area (Å²) in [5.41, 5.74) is 0. The number of rotatable bonds is 46. The van der Waals surface area contributed by atoms with Crippen molar-refractivity contribution in [3.05, 3.63) is 60.8 Å². The molecule has 0 aliphatic rings. The van der Waals surface area contributed by atoms with Gasteiger partial charge in [-0.3, -0.25) is 9.59 Å². The molecule has 0 aromatic carbocycles. The lowest BCUT2D eigenvalue weighted by Crippen LogP contribution is -2.55. The van der Waals surface area contributed by atoms with Crippen LogP contribution < -0.4 is 5.11 Å². The Kier molecular flexibility index (Phi) is 43.4. The first kappa shape index (κ1) is 60.0. The SMILES string of the molecule is CC/C=C/C/C=C/C/C=C/C/C=C/C/C=C/CCCCCCCCCC(=O)OC(COCCC(C(=O)[O-])[N+](C)(C)C)COC(=O)CCCCCCCCCCCCCCCCCC. The van der Waals surface area contributed by atoms with Gasteiger partial charge in [0.15, 0.2) is 6.10 Å². The molecule has 2 atom stereocenters. The van der Waals surface area contributed by atoms with E-state index in [2.05, 4.69) is 74.6 Å². The summed E-state index contributed by atoms with van der Waals surface area (Å²) < 4.78 is 17.2. The fourth-order valence-corrected chi connectivity index (χ4v) is 7.45. The van der Waals surface area contributed by atoms with Crippen LogP contribution in [-0.4, -0.2) is 75.5 Å². The van der Waals surface area contributed by atoms with Crippen LogP contribution in [0.2, 0.25) is 0 Å². The predicted molar refractivity (Wildman–Crippen MR) is 263 cm³/mol. The van der Waals surface area contributed by atoms with E-state index in [1.165, 1.54) is 103 Å². The molecule has 2 unspecified atom stereocenters. The Bertz CT molecular complexity index is 1210. The van der Waals surface area contributed by atoms with Crippen molar-refractivity contribution in [2.24, 2.45) is 0 Å². The maximum absolute atomic E-state index is 12.8. The lowest BCUT2D eigenvalue weighted by atomic mass is 10.0. The number of carboxylic acids is 1. The smallest absolute Gasteiger partial charge is 0.306 e. The van der Waals surface area contributed by atoms with Gasteiger partial charge in [0.2, 0.25) is 0 Å². The van der Waals surface area contributed by atoms with Gasteiger partial charge >= 0.3 is 11.9 Å². The van der Waals surface area contributed by atoms with Crippen LogP contribution in [0.15, 0.2) is 60.8 Å². The second kappa shape index (κ2) is 45.6. The minimum atomic E-state index is -1.13. The molecule has 0 aromatic heterocycles. The number of likely N-dealkylation sites (N-methyl/N-ethyl adjacent to an activating group) is 1. The van der Waals surface area contributed by atoms with Crippen molar-refractivity contribution in [2.75, 3.05) is 41.0 Å². The topological polar surface area (TPSA) is 102 Å². The van der Waals surface area contributed by atoms with E-state index in [1.807, 2.05) is 0 Å². The first-order chi connectivity index (χ1) is 30.6. The second-order valence-electron chi connectivity index (χ2n) is 18.4. The van der Waals surface area contributed by atoms with Gasteiger partial charge in [0, 0.05) is 19.3 Å². The van der Waals surface area contributed by atoms with Crippen molar-refractivity contribution in [3.8, 4) is 0 Å². The Hall–Kier alpha value is -2.97. The van der Waals surface area contributed by atoms with E-state index in [0.717, 1.165) is 83.5 Å². The second-order valence-corrected chi connectivity index (χ2v) is 18.4. The summed E-state index contributed by atoms with van der Waals surface area (Å²) in [6.45, 7) is 4.56. The van der Waals surface area contributed by atoms with Crippen LogP contribution in [0.3, 0.4) is 0 Å². The van der Waals surface area contributed by atoms with Gasteiger partial charge in [-0.25, -0.2) is 0 Å². The summed E-state index contributed by atoms with van der Waals surface area (Å²) in [5, 5.41) is 11.7. The van der Waals surface area contributed by atoms with Gasteiger partial charge < -0.3 is 28.6 Å². The van der Waals surface area contributed by atoms with Crippen LogP contribution in [-0.2, 0) is 28.6 Å². The lowest BCUT2D eigenvalue weighted by molar-refractivity contribution is -0.889. The standard InChI is InChI=1S/C55H97NO7/c1-6-8-10-12-14-16-18-20-22-24-25-26-27-28-29-30-32-34-36-38-40-42-44-46-54(58)63-51(49-61-48-47-52(55(59)60)56(3,4)5)50-62-53(57)45-43-41-39-37-35-33-31-23-21-19-17-15-13-11-9-7-2/h8,10,14,16,20,22,25-26,28-29,51-52H,6-7,9,11-13,15,17-19,21,23-24,27,30-50H2,1-5H3/b10-8+,16-14+,22-20+,26-25+,29-28+. The molecule has 63 heavy (non-hydrogen) atoms. The quantitative estimate of drug-likeness (QED) is 0.0260. The van der Waals surface area contributed by atoms with Crippen LogP contribution in [0.4, 0.5) is 0 Å². The number of carbonyl (C=O) groups excluding carboxylic acids is 3. The fraction of sp³-hybridized carbons (Fsp3) is 0.764. The molecule has 0 saturated carbocycles. The maximum Gasteiger partial charge on any atom is 0.306 e. The number of hydrogen-bond acceptors (Lipinski definition) is 7. The fourth-order valence-electron chi connectivity index (χ4n) is 7.45. The number of hydrogen-bond donors (Lipinski definition) is 0. The monoisotopic (exact) mass is 884 g/mol. The van der Waals surface area contributed by atoms with E-state index in [1.54, 1.807) is 21.1 Å². The molecule has 8 nitrogen and oxygen atoms in total. The van der Waals surface area contributed by atoms with Crippen LogP contribution in [0.5, 0.6) is 0 Å². The van der Waals surface area contributed by atoms with E-state index < -0.39 is 18.1 Å². The molecular weight excluding hydrogens is 787 g/mol. The average Bonchev–Trinajstić information content (AvgIpc) is 3.24. The summed E-state index contributed by atoms with van der Waals surface area (Å²) in [5.74, 6) is -1.74. The van der Waals surface area contributed by atoms with Gasteiger partial charge in [-0.2, -0.15) is 0 Å². The number of unbranched alkanes of at least 4 members (excludes halogenated alkanes) is 22. The molecule has 0 aromatic rings. The molecular formula is C55H97NO7. The lowest BCUT2D eigenvalue weighted by Gasteiger charge is -2.34. The van der Waals surface area contributed by atoms with Gasteiger partial charge in [-0.1, -0.05) is 203 Å². The third-order valence-electron chi connectivity index (χ3n) is 11.4. The highest BCUT2D eigenvalue weighted by Gasteiger charge is 2.25. The number of allylic oxidation sites excluding steroid dienone is 10. The molecule has 0 bridgehead atoms. The van der Waals surface area contributed by atoms with Gasteiger partial charge in [0.1, 0.15) is 12.6 Å². The van der Waals surface area contributed by atoms with E-state index in [-0.39, 0.29) is 42.7 Å². The molecule has 0 aliphatic carbocycles. The van der Waals surface area contributed by atoms with Gasteiger partial charge in [0.25, 0.3) is 0 Å². The first-order valence-electron chi connectivity index (χ1n) is 25.8. The van der Waals surface area contributed by atoms with Crippen molar-refractivity contribution in [3.63, 3.8) is 0 Å². The number of quaternary nitrogens is 1. The van der Waals surface area contributed by atoms with Crippen molar-refractivity contribution < 1.29 is 38.2 Å². The zero-order chi connectivity index (χ0) is 46.3. The normalized spacial score (nSPS) is 13.3. The van der Waals surface area contributed by atoms with Crippen LogP contribution in [0.25, 0.3) is 0 Å². The van der Waals surface area contributed by atoms with E-state index >= 15 is 0 Å². The number of esters is 2. The van der Waals surface area contributed by atoms with E-state index in [0.29, 0.717) is 12.8 Å². The molecule has 0 amide bonds. The number of nitrogens with zero attached hydrogens (tertiary/aromatic N) is 1. The highest BCUT2D eigenvalue weighted by atomic mass is 16.6. The first-order valence-corrected chi connectivity index (χ1v) is 25.8. The molecule has 0 spiro atoms. The van der Waals surface area contributed by atoms with Crippen molar-refractivity contribution in [1.82, 2.24) is 0 Å². The van der Waals surface area contributed by atoms with E-state index in [4.69, 9.17) is 14.2 Å². The van der Waals surface area contributed by atoms with Crippen molar-refractivity contribution in [2.45, 2.75) is 231 Å². The summed E-state index contributed by atoms with van der Waals surface area (Å²) >= 11 is 0. The zero-order valence-corrected chi connectivity index (χ0v) is 41.5. The predicted octanol–water partition coefficient (Wildman–Crippen LogP) is 13.6. The summed E-state index contributed by atoms with van der Waals surface area (Å²) in [6, 6.07) is -0.729. The Morgan fingerprint density at radius 3 is 1.32 bits per heavy atom. The largest absolute Gasteiger partial charge is 0.544 e. The number of carbonyl (C=O) groups is 3. The van der Waals surface area contributed by atoms with Crippen molar-refractivity contribution in [1.29, 1.82) is 0 Å². The summed E-state index contributed by atoms with van der Waals surface area (Å²) in [7, 11) is 5.41. The molecule has 0 rings (SSSR count). The van der Waals surface area contributed by atoms with Crippen molar-refractivity contribution >= 4 is 17.9 Å². The molecule has 0 N–H and O–H groups in total. The number of carboxylic acid groups (broad SMARTS) is 1. The number of ether oxygens (including phenoxy) is 3. The zero-order valence-electron chi connectivity index (χ0n) is 41.5. The van der Waals surface area contributed by atoms with Gasteiger partial charge in [-0.05, 0) is 57.8 Å². The maximum atomic E-state index is 12.8. The molecule has 0 saturated heterocycles. The Balaban J connectivity index is 4.26. The Morgan fingerprint density at radius 2 is 0.889 bits per heavy atom. The number of aliphatic carboxylic acids is 1. The minimum Gasteiger partial charge on any atom is -0.544 e. The Labute approximate surface area is 388 Å². The molecule has 0 radical (unpaired) electrons. The van der Waals surface area contributed by atoms with Crippen LogP contribution in [0, 0.1) is 0 Å².